The number of phenols is 1. The zero-order chi connectivity index (χ0) is 19.5. The van der Waals surface area contributed by atoms with Crippen LogP contribution in [0.25, 0.3) is 32.7 Å². The maximum atomic E-state index is 12.2. The van der Waals surface area contributed by atoms with Crippen molar-refractivity contribution in [1.29, 1.82) is 0 Å². The summed E-state index contributed by atoms with van der Waals surface area (Å²) in [5.74, 6) is 0.335. The molecule has 0 spiro atoms. The standard InChI is InChI=1S/C25H20O3/c1-2-3-16-23(27)28-22-15-7-11-18-9-5-13-20(25(18)22)19-12-4-8-17-10-6-14-21(26)24(17)19/h3-16,26H,2H2,1H3/b16-3+. The second-order valence-electron chi connectivity index (χ2n) is 6.57. The van der Waals surface area contributed by atoms with Gasteiger partial charge in [-0.25, -0.2) is 4.79 Å². The van der Waals surface area contributed by atoms with Crippen molar-refractivity contribution in [2.24, 2.45) is 0 Å². The molecule has 0 unspecified atom stereocenters. The first-order valence-electron chi connectivity index (χ1n) is 9.30. The molecule has 4 aromatic carbocycles. The van der Waals surface area contributed by atoms with Crippen molar-refractivity contribution in [3.8, 4) is 22.6 Å². The summed E-state index contributed by atoms with van der Waals surface area (Å²) in [7, 11) is 0. The van der Waals surface area contributed by atoms with Gasteiger partial charge in [0.15, 0.2) is 0 Å². The van der Waals surface area contributed by atoms with Crippen LogP contribution in [0, 0.1) is 0 Å². The molecule has 0 radical (unpaired) electrons. The highest BCUT2D eigenvalue weighted by atomic mass is 16.5. The van der Waals surface area contributed by atoms with E-state index in [2.05, 4.69) is 0 Å². The molecule has 0 aromatic heterocycles. The molecule has 0 fully saturated rings. The van der Waals surface area contributed by atoms with Gasteiger partial charge in [-0.2, -0.15) is 0 Å². The van der Waals surface area contributed by atoms with Crippen LogP contribution in [-0.2, 0) is 4.79 Å². The van der Waals surface area contributed by atoms with Gasteiger partial charge >= 0.3 is 5.97 Å². The normalized spacial score (nSPS) is 11.3. The molecule has 4 rings (SSSR count). The van der Waals surface area contributed by atoms with Crippen molar-refractivity contribution in [2.45, 2.75) is 13.3 Å². The molecular weight excluding hydrogens is 348 g/mol. The first-order valence-corrected chi connectivity index (χ1v) is 9.30. The number of ether oxygens (including phenoxy) is 1. The number of aromatic hydroxyl groups is 1. The molecule has 0 atom stereocenters. The molecule has 1 N–H and O–H groups in total. The number of hydrogen-bond acceptors (Lipinski definition) is 3. The minimum Gasteiger partial charge on any atom is -0.507 e. The predicted octanol–water partition coefficient (Wildman–Crippen LogP) is 6.24. The summed E-state index contributed by atoms with van der Waals surface area (Å²) in [6.45, 7) is 1.97. The molecule has 0 aliphatic heterocycles. The molecule has 0 heterocycles. The molecule has 0 aliphatic rings. The summed E-state index contributed by atoms with van der Waals surface area (Å²) in [5, 5.41) is 14.1. The topological polar surface area (TPSA) is 46.5 Å². The van der Waals surface area contributed by atoms with Gasteiger partial charge < -0.3 is 9.84 Å². The molecule has 0 bridgehead atoms. The van der Waals surface area contributed by atoms with Crippen LogP contribution in [0.15, 0.2) is 84.9 Å². The van der Waals surface area contributed by atoms with E-state index in [1.165, 1.54) is 6.08 Å². The second kappa shape index (κ2) is 7.57. The lowest BCUT2D eigenvalue weighted by Gasteiger charge is -2.14. The number of carbonyl (C=O) groups excluding carboxylic acids is 1. The van der Waals surface area contributed by atoms with Crippen molar-refractivity contribution >= 4 is 27.5 Å². The smallest absolute Gasteiger partial charge is 0.335 e. The van der Waals surface area contributed by atoms with Crippen LogP contribution in [-0.4, -0.2) is 11.1 Å². The summed E-state index contributed by atoms with van der Waals surface area (Å²) in [6.07, 6.45) is 3.99. The van der Waals surface area contributed by atoms with Gasteiger partial charge in [0.05, 0.1) is 0 Å². The fraction of sp³-hybridized carbons (Fsp3) is 0.0800. The van der Waals surface area contributed by atoms with Crippen LogP contribution in [0.2, 0.25) is 0 Å². The number of fused-ring (bicyclic) bond motifs is 2. The Bertz CT molecular complexity index is 1190. The number of benzene rings is 4. The molecular formula is C25H20O3. The third-order valence-electron chi connectivity index (χ3n) is 4.74. The Morgan fingerprint density at radius 2 is 1.43 bits per heavy atom. The van der Waals surface area contributed by atoms with Crippen LogP contribution in [0.4, 0.5) is 0 Å². The Morgan fingerprint density at radius 1 is 0.857 bits per heavy atom. The highest BCUT2D eigenvalue weighted by Crippen LogP contribution is 2.40. The lowest BCUT2D eigenvalue weighted by Crippen LogP contribution is -2.04. The summed E-state index contributed by atoms with van der Waals surface area (Å²) >= 11 is 0. The van der Waals surface area contributed by atoms with E-state index in [1.54, 1.807) is 18.2 Å². The Morgan fingerprint density at radius 3 is 2.11 bits per heavy atom. The predicted molar refractivity (Wildman–Crippen MR) is 114 cm³/mol. The minimum absolute atomic E-state index is 0.227. The van der Waals surface area contributed by atoms with Gasteiger partial charge in [0.25, 0.3) is 0 Å². The Hall–Kier alpha value is -3.59. The summed E-state index contributed by atoms with van der Waals surface area (Å²) in [6, 6.07) is 23.0. The van der Waals surface area contributed by atoms with Gasteiger partial charge in [0, 0.05) is 16.8 Å². The maximum absolute atomic E-state index is 12.2. The summed E-state index contributed by atoms with van der Waals surface area (Å²) in [5.41, 5.74) is 1.81. The lowest BCUT2D eigenvalue weighted by molar-refractivity contribution is -0.128. The quantitative estimate of drug-likeness (QED) is 0.264. The number of allylic oxidation sites excluding steroid dienone is 1. The fourth-order valence-corrected chi connectivity index (χ4v) is 3.52. The number of rotatable bonds is 4. The average molecular weight is 368 g/mol. The Labute approximate surface area is 163 Å². The van der Waals surface area contributed by atoms with Crippen LogP contribution >= 0.6 is 0 Å². The van der Waals surface area contributed by atoms with Gasteiger partial charge in [-0.1, -0.05) is 73.7 Å². The number of phenolic OH excluding ortho intramolecular Hbond substituents is 1. The van der Waals surface area contributed by atoms with Crippen molar-refractivity contribution in [2.75, 3.05) is 0 Å². The highest BCUT2D eigenvalue weighted by molar-refractivity contribution is 6.09. The van der Waals surface area contributed by atoms with Crippen molar-refractivity contribution in [3.05, 3.63) is 84.9 Å². The monoisotopic (exact) mass is 368 g/mol. The van der Waals surface area contributed by atoms with E-state index in [4.69, 9.17) is 4.74 Å². The van der Waals surface area contributed by atoms with Gasteiger partial charge in [0.2, 0.25) is 0 Å². The molecule has 3 nitrogen and oxygen atoms in total. The van der Waals surface area contributed by atoms with Crippen molar-refractivity contribution < 1.29 is 14.6 Å². The molecule has 0 aliphatic carbocycles. The van der Waals surface area contributed by atoms with Gasteiger partial charge in [-0.3, -0.25) is 0 Å². The average Bonchev–Trinajstić information content (AvgIpc) is 2.72. The highest BCUT2D eigenvalue weighted by Gasteiger charge is 2.14. The molecule has 4 aromatic rings. The Kier molecular flexibility index (Phi) is 4.81. The van der Waals surface area contributed by atoms with Crippen molar-refractivity contribution in [1.82, 2.24) is 0 Å². The van der Waals surface area contributed by atoms with E-state index in [-0.39, 0.29) is 5.75 Å². The third kappa shape index (κ3) is 3.23. The fourth-order valence-electron chi connectivity index (χ4n) is 3.52. The first kappa shape index (κ1) is 17.8. The molecule has 138 valence electrons. The number of esters is 1. The summed E-state index contributed by atoms with van der Waals surface area (Å²) in [4.78, 5) is 12.2. The molecule has 28 heavy (non-hydrogen) atoms. The number of carbonyl (C=O) groups is 1. The second-order valence-corrected chi connectivity index (χ2v) is 6.57. The molecule has 3 heteroatoms. The molecule has 0 amide bonds. The molecule has 0 saturated carbocycles. The van der Waals surface area contributed by atoms with E-state index in [1.807, 2.05) is 67.6 Å². The van der Waals surface area contributed by atoms with Crippen LogP contribution in [0.5, 0.6) is 11.5 Å². The van der Waals surface area contributed by atoms with Gasteiger partial charge in [0.1, 0.15) is 11.5 Å². The van der Waals surface area contributed by atoms with E-state index in [9.17, 15) is 9.90 Å². The zero-order valence-corrected chi connectivity index (χ0v) is 15.6. The summed E-state index contributed by atoms with van der Waals surface area (Å²) < 4.78 is 5.65. The minimum atomic E-state index is -0.398. The van der Waals surface area contributed by atoms with E-state index >= 15 is 0 Å². The van der Waals surface area contributed by atoms with Gasteiger partial charge in [-0.15, -0.1) is 0 Å². The lowest BCUT2D eigenvalue weighted by atomic mass is 9.93. The van der Waals surface area contributed by atoms with E-state index < -0.39 is 5.97 Å². The first-order chi connectivity index (χ1) is 13.7. The SMILES string of the molecule is CC/C=C/C(=O)Oc1cccc2cccc(-c3cccc4cccc(O)c34)c12. The van der Waals surface area contributed by atoms with Gasteiger partial charge in [-0.05, 0) is 40.5 Å². The van der Waals surface area contributed by atoms with Crippen LogP contribution in [0.3, 0.4) is 0 Å². The van der Waals surface area contributed by atoms with Crippen molar-refractivity contribution in [3.63, 3.8) is 0 Å². The number of hydrogen-bond donors (Lipinski definition) is 1. The van der Waals surface area contributed by atoms with Crippen LogP contribution in [0.1, 0.15) is 13.3 Å². The zero-order valence-electron chi connectivity index (χ0n) is 15.6. The van der Waals surface area contributed by atoms with E-state index in [0.29, 0.717) is 5.75 Å². The van der Waals surface area contributed by atoms with Crippen LogP contribution < -0.4 is 4.74 Å². The largest absolute Gasteiger partial charge is 0.507 e. The molecule has 0 saturated heterocycles. The maximum Gasteiger partial charge on any atom is 0.335 e. The van der Waals surface area contributed by atoms with E-state index in [0.717, 1.165) is 39.1 Å². The third-order valence-corrected chi connectivity index (χ3v) is 4.74. The Balaban J connectivity index is 1.97.